The SMILES string of the molecule is Cc1cccc(CN2CC[C@H](N)C2)c1C. The van der Waals surface area contributed by atoms with Crippen LogP contribution < -0.4 is 5.73 Å². The second-order valence-corrected chi connectivity index (χ2v) is 4.64. The van der Waals surface area contributed by atoms with Crippen LogP contribution >= 0.6 is 0 Å². The first-order valence-corrected chi connectivity index (χ1v) is 5.70. The Hall–Kier alpha value is -0.860. The molecular weight excluding hydrogens is 184 g/mol. The first-order chi connectivity index (χ1) is 7.16. The van der Waals surface area contributed by atoms with Gasteiger partial charge in [-0.1, -0.05) is 18.2 Å². The van der Waals surface area contributed by atoms with Crippen LogP contribution in [0.1, 0.15) is 23.1 Å². The average molecular weight is 204 g/mol. The summed E-state index contributed by atoms with van der Waals surface area (Å²) in [7, 11) is 0. The molecule has 1 fully saturated rings. The number of hydrogen-bond donors (Lipinski definition) is 1. The summed E-state index contributed by atoms with van der Waals surface area (Å²) in [5.41, 5.74) is 10.2. The Kier molecular flexibility index (Phi) is 3.08. The molecule has 2 rings (SSSR count). The van der Waals surface area contributed by atoms with Gasteiger partial charge in [0.05, 0.1) is 0 Å². The van der Waals surface area contributed by atoms with Crippen molar-refractivity contribution in [3.63, 3.8) is 0 Å². The van der Waals surface area contributed by atoms with E-state index in [1.54, 1.807) is 0 Å². The second kappa shape index (κ2) is 4.33. The molecule has 0 spiro atoms. The summed E-state index contributed by atoms with van der Waals surface area (Å²) in [6.45, 7) is 7.64. The van der Waals surface area contributed by atoms with Gasteiger partial charge in [0.15, 0.2) is 0 Å². The van der Waals surface area contributed by atoms with Crippen molar-refractivity contribution < 1.29 is 0 Å². The molecule has 2 N–H and O–H groups in total. The fourth-order valence-corrected chi connectivity index (χ4v) is 2.23. The summed E-state index contributed by atoms with van der Waals surface area (Å²) in [5.74, 6) is 0. The number of rotatable bonds is 2. The van der Waals surface area contributed by atoms with Crippen molar-refractivity contribution >= 4 is 0 Å². The van der Waals surface area contributed by atoms with Crippen molar-refractivity contribution in [3.8, 4) is 0 Å². The molecule has 0 saturated carbocycles. The molecule has 0 aromatic heterocycles. The summed E-state index contributed by atoms with van der Waals surface area (Å²) in [6.07, 6.45) is 1.14. The van der Waals surface area contributed by atoms with Crippen LogP contribution in [0.3, 0.4) is 0 Å². The summed E-state index contributed by atoms with van der Waals surface area (Å²) in [5, 5.41) is 0. The molecule has 0 bridgehead atoms. The predicted molar refractivity (Wildman–Crippen MR) is 63.8 cm³/mol. The molecule has 2 heteroatoms. The lowest BCUT2D eigenvalue weighted by Gasteiger charge is -2.17. The normalized spacial score (nSPS) is 22.2. The molecule has 0 aliphatic carbocycles. The van der Waals surface area contributed by atoms with E-state index in [1.165, 1.54) is 16.7 Å². The van der Waals surface area contributed by atoms with E-state index in [0.717, 1.165) is 26.1 Å². The largest absolute Gasteiger partial charge is 0.326 e. The van der Waals surface area contributed by atoms with Gasteiger partial charge >= 0.3 is 0 Å². The Morgan fingerprint density at radius 3 is 2.87 bits per heavy atom. The lowest BCUT2D eigenvalue weighted by atomic mass is 10.0. The molecule has 15 heavy (non-hydrogen) atoms. The molecule has 1 heterocycles. The van der Waals surface area contributed by atoms with Gasteiger partial charge in [-0.05, 0) is 37.0 Å². The number of benzene rings is 1. The molecule has 1 aromatic rings. The van der Waals surface area contributed by atoms with Gasteiger partial charge in [-0.3, -0.25) is 4.90 Å². The molecule has 2 nitrogen and oxygen atoms in total. The lowest BCUT2D eigenvalue weighted by Crippen LogP contribution is -2.26. The Labute approximate surface area is 92.1 Å². The standard InChI is InChI=1S/C13H20N2/c1-10-4-3-5-12(11(10)2)8-15-7-6-13(14)9-15/h3-5,13H,6-9,14H2,1-2H3/t13-/m0/s1. The molecule has 1 saturated heterocycles. The first-order valence-electron chi connectivity index (χ1n) is 5.70. The highest BCUT2D eigenvalue weighted by molar-refractivity contribution is 5.33. The number of likely N-dealkylation sites (tertiary alicyclic amines) is 1. The van der Waals surface area contributed by atoms with Crippen molar-refractivity contribution in [2.45, 2.75) is 32.9 Å². The van der Waals surface area contributed by atoms with Gasteiger partial charge in [0.2, 0.25) is 0 Å². The Morgan fingerprint density at radius 2 is 2.20 bits per heavy atom. The number of nitrogens with two attached hydrogens (primary N) is 1. The molecule has 0 amide bonds. The monoisotopic (exact) mass is 204 g/mol. The van der Waals surface area contributed by atoms with Crippen LogP contribution in [0.25, 0.3) is 0 Å². The van der Waals surface area contributed by atoms with Gasteiger partial charge in [-0.15, -0.1) is 0 Å². The summed E-state index contributed by atoms with van der Waals surface area (Å²) >= 11 is 0. The third kappa shape index (κ3) is 2.39. The van der Waals surface area contributed by atoms with E-state index in [4.69, 9.17) is 5.73 Å². The fourth-order valence-electron chi connectivity index (χ4n) is 2.23. The minimum absolute atomic E-state index is 0.384. The van der Waals surface area contributed by atoms with Gasteiger partial charge < -0.3 is 5.73 Å². The van der Waals surface area contributed by atoms with E-state index < -0.39 is 0 Å². The zero-order chi connectivity index (χ0) is 10.8. The Balaban J connectivity index is 2.07. The van der Waals surface area contributed by atoms with E-state index in [0.29, 0.717) is 6.04 Å². The second-order valence-electron chi connectivity index (χ2n) is 4.64. The van der Waals surface area contributed by atoms with Crippen LogP contribution in [0, 0.1) is 13.8 Å². The maximum Gasteiger partial charge on any atom is 0.0237 e. The van der Waals surface area contributed by atoms with Gasteiger partial charge in [0, 0.05) is 25.7 Å². The van der Waals surface area contributed by atoms with Gasteiger partial charge in [-0.25, -0.2) is 0 Å². The average Bonchev–Trinajstić information content (AvgIpc) is 2.59. The van der Waals surface area contributed by atoms with E-state index in [-0.39, 0.29) is 0 Å². The molecule has 1 atom stereocenters. The third-order valence-electron chi connectivity index (χ3n) is 3.42. The highest BCUT2D eigenvalue weighted by atomic mass is 15.2. The summed E-state index contributed by atoms with van der Waals surface area (Å²) < 4.78 is 0. The minimum atomic E-state index is 0.384. The third-order valence-corrected chi connectivity index (χ3v) is 3.42. The molecule has 1 aliphatic heterocycles. The summed E-state index contributed by atoms with van der Waals surface area (Å²) in [6, 6.07) is 6.93. The van der Waals surface area contributed by atoms with Crippen LogP contribution in [0.2, 0.25) is 0 Å². The van der Waals surface area contributed by atoms with Gasteiger partial charge in [0.25, 0.3) is 0 Å². The topological polar surface area (TPSA) is 29.3 Å². The molecule has 0 radical (unpaired) electrons. The number of aryl methyl sites for hydroxylation is 1. The maximum atomic E-state index is 5.91. The van der Waals surface area contributed by atoms with Crippen molar-refractivity contribution in [1.29, 1.82) is 0 Å². The van der Waals surface area contributed by atoms with Crippen LogP contribution in [0.15, 0.2) is 18.2 Å². The zero-order valence-electron chi connectivity index (χ0n) is 9.66. The van der Waals surface area contributed by atoms with Gasteiger partial charge in [0.1, 0.15) is 0 Å². The predicted octanol–water partition coefficient (Wildman–Crippen LogP) is 1.84. The van der Waals surface area contributed by atoms with Crippen LogP contribution in [-0.4, -0.2) is 24.0 Å². The Morgan fingerprint density at radius 1 is 1.40 bits per heavy atom. The van der Waals surface area contributed by atoms with E-state index in [9.17, 15) is 0 Å². The van der Waals surface area contributed by atoms with Crippen molar-refractivity contribution in [1.82, 2.24) is 4.90 Å². The first kappa shape index (κ1) is 10.7. The fraction of sp³-hybridized carbons (Fsp3) is 0.538. The lowest BCUT2D eigenvalue weighted by molar-refractivity contribution is 0.326. The highest BCUT2D eigenvalue weighted by Gasteiger charge is 2.19. The van der Waals surface area contributed by atoms with Gasteiger partial charge in [-0.2, -0.15) is 0 Å². The quantitative estimate of drug-likeness (QED) is 0.796. The van der Waals surface area contributed by atoms with Crippen LogP contribution in [-0.2, 0) is 6.54 Å². The van der Waals surface area contributed by atoms with Crippen LogP contribution in [0.5, 0.6) is 0 Å². The Bertz CT molecular complexity index is 346. The number of hydrogen-bond acceptors (Lipinski definition) is 2. The molecule has 1 aliphatic rings. The van der Waals surface area contributed by atoms with Crippen molar-refractivity contribution in [2.24, 2.45) is 5.73 Å². The molecule has 82 valence electrons. The summed E-state index contributed by atoms with van der Waals surface area (Å²) in [4.78, 5) is 2.45. The molecule has 1 aromatic carbocycles. The number of nitrogens with zero attached hydrogens (tertiary/aromatic N) is 1. The van der Waals surface area contributed by atoms with E-state index in [2.05, 4.69) is 36.9 Å². The van der Waals surface area contributed by atoms with Crippen molar-refractivity contribution in [3.05, 3.63) is 34.9 Å². The molecular formula is C13H20N2. The highest BCUT2D eigenvalue weighted by Crippen LogP contribution is 2.17. The maximum absolute atomic E-state index is 5.91. The van der Waals surface area contributed by atoms with Crippen LogP contribution in [0.4, 0.5) is 0 Å². The molecule has 0 unspecified atom stereocenters. The van der Waals surface area contributed by atoms with E-state index >= 15 is 0 Å². The minimum Gasteiger partial charge on any atom is -0.326 e. The van der Waals surface area contributed by atoms with E-state index in [1.807, 2.05) is 0 Å². The van der Waals surface area contributed by atoms with Crippen molar-refractivity contribution in [2.75, 3.05) is 13.1 Å². The smallest absolute Gasteiger partial charge is 0.0237 e. The zero-order valence-corrected chi connectivity index (χ0v) is 9.66.